The highest BCUT2D eigenvalue weighted by atomic mass is 35.5. The Kier molecular flexibility index (Phi) is 4.87. The van der Waals surface area contributed by atoms with E-state index in [9.17, 15) is 8.42 Å². The van der Waals surface area contributed by atoms with E-state index >= 15 is 0 Å². The first-order chi connectivity index (χ1) is 13.4. The van der Waals surface area contributed by atoms with E-state index < -0.39 is 10.0 Å². The zero-order valence-electron chi connectivity index (χ0n) is 15.1. The quantitative estimate of drug-likeness (QED) is 0.645. The second-order valence-electron chi connectivity index (χ2n) is 6.64. The van der Waals surface area contributed by atoms with Crippen molar-refractivity contribution in [3.63, 3.8) is 0 Å². The molecule has 0 aliphatic carbocycles. The van der Waals surface area contributed by atoms with Crippen molar-refractivity contribution < 1.29 is 13.2 Å². The molecule has 4 rings (SSSR count). The SMILES string of the molecule is CS(=O)(=O)Nc1cccc(C=C2c3cc(Cl)ccc3COc3ccccc32)c1. The van der Waals surface area contributed by atoms with Gasteiger partial charge in [0.15, 0.2) is 0 Å². The van der Waals surface area contributed by atoms with Crippen molar-refractivity contribution in [2.45, 2.75) is 6.61 Å². The molecule has 0 spiro atoms. The fraction of sp³-hybridized carbons (Fsp3) is 0.0909. The first kappa shape index (κ1) is 18.6. The van der Waals surface area contributed by atoms with Crippen molar-refractivity contribution in [2.24, 2.45) is 0 Å². The van der Waals surface area contributed by atoms with E-state index in [1.807, 2.05) is 60.7 Å². The lowest BCUT2D eigenvalue weighted by atomic mass is 9.92. The Labute approximate surface area is 169 Å². The molecule has 0 aromatic heterocycles. The molecule has 3 aromatic carbocycles. The molecule has 3 aromatic rings. The van der Waals surface area contributed by atoms with Crippen LogP contribution in [0.5, 0.6) is 5.75 Å². The van der Waals surface area contributed by atoms with Crippen molar-refractivity contribution in [1.29, 1.82) is 0 Å². The van der Waals surface area contributed by atoms with E-state index in [4.69, 9.17) is 16.3 Å². The van der Waals surface area contributed by atoms with Crippen LogP contribution in [-0.4, -0.2) is 14.7 Å². The number of hydrogen-bond donors (Lipinski definition) is 1. The highest BCUT2D eigenvalue weighted by molar-refractivity contribution is 7.92. The summed E-state index contributed by atoms with van der Waals surface area (Å²) in [7, 11) is -3.34. The number of halogens is 1. The van der Waals surface area contributed by atoms with Crippen molar-refractivity contribution in [3.05, 3.63) is 94.0 Å². The fourth-order valence-corrected chi connectivity index (χ4v) is 4.00. The second kappa shape index (κ2) is 7.34. The van der Waals surface area contributed by atoms with Crippen molar-refractivity contribution in [2.75, 3.05) is 11.0 Å². The van der Waals surface area contributed by atoms with E-state index in [-0.39, 0.29) is 0 Å². The molecular formula is C22H18ClNO3S. The molecule has 1 aliphatic heterocycles. The minimum Gasteiger partial charge on any atom is -0.488 e. The Morgan fingerprint density at radius 1 is 1.00 bits per heavy atom. The van der Waals surface area contributed by atoms with Crippen LogP contribution in [0.15, 0.2) is 66.7 Å². The highest BCUT2D eigenvalue weighted by Crippen LogP contribution is 2.38. The average molecular weight is 412 g/mol. The maximum Gasteiger partial charge on any atom is 0.229 e. The summed E-state index contributed by atoms with van der Waals surface area (Å²) in [6.07, 6.45) is 3.16. The predicted molar refractivity (Wildman–Crippen MR) is 114 cm³/mol. The van der Waals surface area contributed by atoms with Gasteiger partial charge in [0.25, 0.3) is 0 Å². The summed E-state index contributed by atoms with van der Waals surface area (Å²) in [6.45, 7) is 0.455. The number of sulfonamides is 1. The van der Waals surface area contributed by atoms with Crippen LogP contribution in [0, 0.1) is 0 Å². The standard InChI is InChI=1S/C22H18ClNO3S/c1-28(25,26)24-18-6-4-5-15(11-18)12-21-19-7-2-3-8-22(19)27-14-16-9-10-17(23)13-20(16)21/h2-13,24H,14H2,1H3. The molecule has 0 saturated carbocycles. The van der Waals surface area contributed by atoms with Crippen LogP contribution in [0.2, 0.25) is 5.02 Å². The molecule has 1 heterocycles. The van der Waals surface area contributed by atoms with E-state index in [1.165, 1.54) is 0 Å². The summed E-state index contributed by atoms with van der Waals surface area (Å²) in [4.78, 5) is 0. The van der Waals surface area contributed by atoms with Crippen molar-refractivity contribution in [1.82, 2.24) is 0 Å². The van der Waals surface area contributed by atoms with Crippen molar-refractivity contribution >= 4 is 39.0 Å². The summed E-state index contributed by atoms with van der Waals surface area (Å²) in [6, 6.07) is 20.9. The predicted octanol–water partition coefficient (Wildman–Crippen LogP) is 5.19. The number of nitrogens with one attached hydrogen (secondary N) is 1. The average Bonchev–Trinajstić information content (AvgIpc) is 2.78. The lowest BCUT2D eigenvalue weighted by Crippen LogP contribution is -2.09. The largest absolute Gasteiger partial charge is 0.488 e. The molecule has 4 nitrogen and oxygen atoms in total. The number of fused-ring (bicyclic) bond motifs is 2. The van der Waals surface area contributed by atoms with Crippen LogP contribution in [0.3, 0.4) is 0 Å². The minimum absolute atomic E-state index is 0.455. The van der Waals surface area contributed by atoms with Crippen LogP contribution >= 0.6 is 11.6 Å². The third-order valence-corrected chi connectivity index (χ3v) is 5.26. The number of anilines is 1. The topological polar surface area (TPSA) is 55.4 Å². The lowest BCUT2D eigenvalue weighted by Gasteiger charge is -2.12. The summed E-state index contributed by atoms with van der Waals surface area (Å²) in [5.41, 5.74) is 5.36. The zero-order valence-corrected chi connectivity index (χ0v) is 16.7. The molecule has 0 atom stereocenters. The maximum absolute atomic E-state index is 11.6. The van der Waals surface area contributed by atoms with Crippen LogP contribution in [0.1, 0.15) is 22.3 Å². The van der Waals surface area contributed by atoms with Gasteiger partial charge in [-0.1, -0.05) is 48.0 Å². The zero-order chi connectivity index (χ0) is 19.7. The number of para-hydroxylation sites is 1. The molecule has 0 radical (unpaired) electrons. The molecule has 1 N–H and O–H groups in total. The third kappa shape index (κ3) is 4.06. The third-order valence-electron chi connectivity index (χ3n) is 4.42. The van der Waals surface area contributed by atoms with Crippen LogP contribution in [0.25, 0.3) is 11.6 Å². The molecule has 6 heteroatoms. The number of rotatable bonds is 3. The molecule has 0 unspecified atom stereocenters. The van der Waals surface area contributed by atoms with Gasteiger partial charge in [-0.05, 0) is 58.7 Å². The monoisotopic (exact) mass is 411 g/mol. The van der Waals surface area contributed by atoms with Gasteiger partial charge in [-0.3, -0.25) is 4.72 Å². The molecule has 0 amide bonds. The maximum atomic E-state index is 11.6. The van der Waals surface area contributed by atoms with Gasteiger partial charge in [0.2, 0.25) is 10.0 Å². The minimum atomic E-state index is -3.34. The first-order valence-corrected chi connectivity index (χ1v) is 11.0. The Morgan fingerprint density at radius 3 is 2.64 bits per heavy atom. The van der Waals surface area contributed by atoms with Crippen LogP contribution < -0.4 is 9.46 Å². The van der Waals surface area contributed by atoms with Gasteiger partial charge in [-0.15, -0.1) is 0 Å². The number of ether oxygens (including phenoxy) is 1. The van der Waals surface area contributed by atoms with Gasteiger partial charge in [-0.25, -0.2) is 8.42 Å². The van der Waals surface area contributed by atoms with Crippen LogP contribution in [0.4, 0.5) is 5.69 Å². The number of hydrogen-bond acceptors (Lipinski definition) is 3. The van der Waals surface area contributed by atoms with E-state index in [2.05, 4.69) is 4.72 Å². The Hall–Kier alpha value is -2.76. The van der Waals surface area contributed by atoms with E-state index in [1.54, 1.807) is 12.1 Å². The van der Waals surface area contributed by atoms with Gasteiger partial charge >= 0.3 is 0 Å². The van der Waals surface area contributed by atoms with Gasteiger partial charge in [-0.2, -0.15) is 0 Å². The van der Waals surface area contributed by atoms with Gasteiger partial charge in [0, 0.05) is 16.3 Å². The van der Waals surface area contributed by atoms with E-state index in [0.717, 1.165) is 39.8 Å². The van der Waals surface area contributed by atoms with Gasteiger partial charge in [0.1, 0.15) is 12.4 Å². The molecule has 28 heavy (non-hydrogen) atoms. The van der Waals surface area contributed by atoms with Crippen molar-refractivity contribution in [3.8, 4) is 5.75 Å². The lowest BCUT2D eigenvalue weighted by molar-refractivity contribution is 0.307. The fourth-order valence-electron chi connectivity index (χ4n) is 3.27. The highest BCUT2D eigenvalue weighted by Gasteiger charge is 2.19. The second-order valence-corrected chi connectivity index (χ2v) is 8.83. The van der Waals surface area contributed by atoms with Gasteiger partial charge < -0.3 is 4.74 Å². The van der Waals surface area contributed by atoms with Crippen LogP contribution in [-0.2, 0) is 16.6 Å². The molecule has 0 saturated heterocycles. The summed E-state index contributed by atoms with van der Waals surface area (Å²) >= 11 is 6.28. The molecule has 142 valence electrons. The number of benzene rings is 3. The molecule has 0 fully saturated rings. The first-order valence-electron chi connectivity index (χ1n) is 8.70. The molecular weight excluding hydrogens is 394 g/mol. The normalized spacial score (nSPS) is 14.6. The smallest absolute Gasteiger partial charge is 0.229 e. The van der Waals surface area contributed by atoms with E-state index in [0.29, 0.717) is 17.3 Å². The molecule has 1 aliphatic rings. The summed E-state index contributed by atoms with van der Waals surface area (Å²) in [5.74, 6) is 0.798. The Bertz CT molecular complexity index is 1190. The Balaban J connectivity index is 1.89. The summed E-state index contributed by atoms with van der Waals surface area (Å²) in [5, 5.41) is 0.650. The van der Waals surface area contributed by atoms with Gasteiger partial charge in [0.05, 0.1) is 6.26 Å². The molecule has 0 bridgehead atoms. The summed E-state index contributed by atoms with van der Waals surface area (Å²) < 4.78 is 31.6. The Morgan fingerprint density at radius 2 is 1.82 bits per heavy atom.